The summed E-state index contributed by atoms with van der Waals surface area (Å²) in [7, 11) is 4.50. The van der Waals surface area contributed by atoms with E-state index in [0.29, 0.717) is 27.4 Å². The number of hydrogen-bond acceptors (Lipinski definition) is 6. The summed E-state index contributed by atoms with van der Waals surface area (Å²) in [4.78, 5) is 19.9. The van der Waals surface area contributed by atoms with Crippen molar-refractivity contribution in [2.75, 3.05) is 32.0 Å². The first-order valence-corrected chi connectivity index (χ1v) is 7.22. The van der Waals surface area contributed by atoms with Crippen LogP contribution < -0.4 is 24.8 Å². The van der Waals surface area contributed by atoms with Crippen molar-refractivity contribution in [3.63, 3.8) is 0 Å². The van der Waals surface area contributed by atoms with Gasteiger partial charge in [0.05, 0.1) is 31.5 Å². The van der Waals surface area contributed by atoms with Crippen molar-refractivity contribution in [1.82, 2.24) is 9.97 Å². The van der Waals surface area contributed by atoms with Gasteiger partial charge in [-0.3, -0.25) is 5.32 Å². The van der Waals surface area contributed by atoms with Gasteiger partial charge in [-0.25, -0.2) is 14.8 Å². The zero-order valence-electron chi connectivity index (χ0n) is 12.7. The first-order valence-electron chi connectivity index (χ1n) is 6.43. The standard InChI is InChI=1S/C14H15BrN4O4/c1-21-10-4-9(5-11(22-2)12(10)23-3)18-14(20)19-13-16-6-8(15)7-17-13/h4-7H,1-3H3,(H2,16,17,18,19,20). The molecule has 2 rings (SSSR count). The van der Waals surface area contributed by atoms with Crippen LogP contribution in [0.25, 0.3) is 0 Å². The number of carbonyl (C=O) groups is 1. The summed E-state index contributed by atoms with van der Waals surface area (Å²) < 4.78 is 16.4. The van der Waals surface area contributed by atoms with Gasteiger partial charge in [-0.2, -0.15) is 0 Å². The van der Waals surface area contributed by atoms with Gasteiger partial charge in [-0.1, -0.05) is 0 Å². The minimum atomic E-state index is -0.499. The van der Waals surface area contributed by atoms with E-state index in [0.717, 1.165) is 0 Å². The molecule has 0 aliphatic rings. The fourth-order valence-electron chi connectivity index (χ4n) is 1.79. The Morgan fingerprint density at radius 2 is 1.57 bits per heavy atom. The molecule has 0 atom stereocenters. The number of anilines is 2. The number of amides is 2. The van der Waals surface area contributed by atoms with Crippen molar-refractivity contribution in [3.8, 4) is 17.2 Å². The fourth-order valence-corrected chi connectivity index (χ4v) is 2.00. The lowest BCUT2D eigenvalue weighted by Gasteiger charge is -2.14. The molecular formula is C14H15BrN4O4. The summed E-state index contributed by atoms with van der Waals surface area (Å²) in [6.07, 6.45) is 3.06. The molecule has 0 unspecified atom stereocenters. The normalized spacial score (nSPS) is 9.91. The van der Waals surface area contributed by atoms with Crippen molar-refractivity contribution in [3.05, 3.63) is 29.0 Å². The van der Waals surface area contributed by atoms with Crippen LogP contribution in [0.15, 0.2) is 29.0 Å². The number of nitrogens with zero attached hydrogens (tertiary/aromatic N) is 2. The van der Waals surface area contributed by atoms with Crippen LogP contribution in [0.2, 0.25) is 0 Å². The largest absolute Gasteiger partial charge is 0.493 e. The van der Waals surface area contributed by atoms with E-state index < -0.39 is 6.03 Å². The van der Waals surface area contributed by atoms with Gasteiger partial charge >= 0.3 is 6.03 Å². The molecule has 1 aromatic carbocycles. The highest BCUT2D eigenvalue weighted by Crippen LogP contribution is 2.39. The molecular weight excluding hydrogens is 368 g/mol. The van der Waals surface area contributed by atoms with E-state index in [1.807, 2.05) is 0 Å². The van der Waals surface area contributed by atoms with Crippen LogP contribution in [0.5, 0.6) is 17.2 Å². The SMILES string of the molecule is COc1cc(NC(=O)Nc2ncc(Br)cn2)cc(OC)c1OC. The van der Waals surface area contributed by atoms with Crippen molar-refractivity contribution in [2.45, 2.75) is 0 Å². The van der Waals surface area contributed by atoms with Gasteiger partial charge in [0.2, 0.25) is 11.7 Å². The number of rotatable bonds is 5. The third kappa shape index (κ3) is 4.22. The molecule has 2 N–H and O–H groups in total. The van der Waals surface area contributed by atoms with Crippen LogP contribution in [0.4, 0.5) is 16.4 Å². The Kier molecular flexibility index (Phi) is 5.58. The summed E-state index contributed by atoms with van der Waals surface area (Å²) in [6, 6.07) is 2.73. The molecule has 1 aromatic heterocycles. The predicted molar refractivity (Wildman–Crippen MR) is 88.5 cm³/mol. The monoisotopic (exact) mass is 382 g/mol. The smallest absolute Gasteiger partial charge is 0.326 e. The maximum absolute atomic E-state index is 12.0. The van der Waals surface area contributed by atoms with Gasteiger partial charge in [-0.05, 0) is 15.9 Å². The van der Waals surface area contributed by atoms with E-state index in [4.69, 9.17) is 14.2 Å². The number of ether oxygens (including phenoxy) is 3. The quantitative estimate of drug-likeness (QED) is 0.825. The molecule has 8 nitrogen and oxygen atoms in total. The van der Waals surface area contributed by atoms with Gasteiger partial charge in [0.25, 0.3) is 0 Å². The van der Waals surface area contributed by atoms with Gasteiger partial charge in [0.15, 0.2) is 11.5 Å². The van der Waals surface area contributed by atoms with Gasteiger partial charge in [0, 0.05) is 24.5 Å². The van der Waals surface area contributed by atoms with Gasteiger partial charge < -0.3 is 19.5 Å². The first kappa shape index (κ1) is 16.8. The Balaban J connectivity index is 2.15. The number of hydrogen-bond donors (Lipinski definition) is 2. The molecule has 0 aliphatic carbocycles. The Hall–Kier alpha value is -2.55. The molecule has 0 radical (unpaired) electrons. The molecule has 2 amide bonds. The van der Waals surface area contributed by atoms with E-state index in [1.54, 1.807) is 12.1 Å². The van der Waals surface area contributed by atoms with Crippen LogP contribution >= 0.6 is 15.9 Å². The average molecular weight is 383 g/mol. The van der Waals surface area contributed by atoms with Crippen molar-refractivity contribution in [1.29, 1.82) is 0 Å². The van der Waals surface area contributed by atoms with Crippen molar-refractivity contribution in [2.24, 2.45) is 0 Å². The minimum absolute atomic E-state index is 0.179. The summed E-state index contributed by atoms with van der Waals surface area (Å²) in [5, 5.41) is 5.16. The molecule has 0 spiro atoms. The second-order valence-corrected chi connectivity index (χ2v) is 5.13. The molecule has 2 aromatic rings. The van der Waals surface area contributed by atoms with Crippen molar-refractivity contribution >= 4 is 33.6 Å². The van der Waals surface area contributed by atoms with E-state index in [9.17, 15) is 4.79 Å². The Bertz CT molecular complexity index is 669. The zero-order chi connectivity index (χ0) is 16.8. The summed E-state index contributed by atoms with van der Waals surface area (Å²) >= 11 is 3.22. The van der Waals surface area contributed by atoms with Crippen LogP contribution in [0.1, 0.15) is 0 Å². The number of methoxy groups -OCH3 is 3. The molecule has 1 heterocycles. The highest BCUT2D eigenvalue weighted by molar-refractivity contribution is 9.10. The first-order chi connectivity index (χ1) is 11.1. The number of carbonyl (C=O) groups excluding carboxylic acids is 1. The van der Waals surface area contributed by atoms with Crippen LogP contribution in [0.3, 0.4) is 0 Å². The molecule has 0 saturated heterocycles. The summed E-state index contributed by atoms with van der Waals surface area (Å²) in [5.74, 6) is 1.49. The average Bonchev–Trinajstić information content (AvgIpc) is 2.55. The molecule has 0 bridgehead atoms. The second kappa shape index (κ2) is 7.63. The third-order valence-corrected chi connectivity index (χ3v) is 3.18. The number of halogens is 1. The fraction of sp³-hybridized carbons (Fsp3) is 0.214. The van der Waals surface area contributed by atoms with E-state index >= 15 is 0 Å². The predicted octanol–water partition coefficient (Wildman–Crippen LogP) is 2.91. The summed E-state index contributed by atoms with van der Waals surface area (Å²) in [5.41, 5.74) is 0.467. The highest BCUT2D eigenvalue weighted by atomic mass is 79.9. The Morgan fingerprint density at radius 1 is 1.00 bits per heavy atom. The highest BCUT2D eigenvalue weighted by Gasteiger charge is 2.14. The van der Waals surface area contributed by atoms with Crippen LogP contribution in [0, 0.1) is 0 Å². The van der Waals surface area contributed by atoms with Gasteiger partial charge in [-0.15, -0.1) is 0 Å². The topological polar surface area (TPSA) is 94.6 Å². The molecule has 0 saturated carbocycles. The Morgan fingerprint density at radius 3 is 2.04 bits per heavy atom. The van der Waals surface area contributed by atoms with E-state index in [-0.39, 0.29) is 5.95 Å². The van der Waals surface area contributed by atoms with Crippen LogP contribution in [-0.4, -0.2) is 37.3 Å². The molecule has 9 heteroatoms. The molecule has 23 heavy (non-hydrogen) atoms. The molecule has 0 fully saturated rings. The lowest BCUT2D eigenvalue weighted by atomic mass is 10.2. The molecule has 0 aliphatic heterocycles. The van der Waals surface area contributed by atoms with E-state index in [1.165, 1.54) is 33.7 Å². The van der Waals surface area contributed by atoms with Gasteiger partial charge in [0.1, 0.15) is 0 Å². The van der Waals surface area contributed by atoms with Crippen LogP contribution in [-0.2, 0) is 0 Å². The number of urea groups is 1. The van der Waals surface area contributed by atoms with Crippen molar-refractivity contribution < 1.29 is 19.0 Å². The third-order valence-electron chi connectivity index (χ3n) is 2.77. The lowest BCUT2D eigenvalue weighted by molar-refractivity contribution is 0.262. The maximum Gasteiger partial charge on any atom is 0.326 e. The second-order valence-electron chi connectivity index (χ2n) is 4.22. The number of benzene rings is 1. The zero-order valence-corrected chi connectivity index (χ0v) is 14.3. The minimum Gasteiger partial charge on any atom is -0.493 e. The number of nitrogens with one attached hydrogen (secondary N) is 2. The number of aromatic nitrogens is 2. The van der Waals surface area contributed by atoms with E-state index in [2.05, 4.69) is 36.5 Å². The molecule has 122 valence electrons. The summed E-state index contributed by atoms with van der Waals surface area (Å²) in [6.45, 7) is 0. The Labute approximate surface area is 141 Å². The maximum atomic E-state index is 12.0. The lowest BCUT2D eigenvalue weighted by Crippen LogP contribution is -2.20.